The molecule has 0 radical (unpaired) electrons. The Morgan fingerprint density at radius 1 is 1.17 bits per heavy atom. The Kier molecular flexibility index (Phi) is 6.42. The van der Waals surface area contributed by atoms with E-state index in [0.717, 1.165) is 12.1 Å². The average Bonchev–Trinajstić information content (AvgIpc) is 2.44. The minimum Gasteiger partial charge on any atom is -0.344 e. The second-order valence-corrected chi connectivity index (χ2v) is 5.75. The number of halogens is 2. The van der Waals surface area contributed by atoms with Gasteiger partial charge in [-0.25, -0.2) is 8.78 Å². The van der Waals surface area contributed by atoms with Crippen molar-refractivity contribution in [3.63, 3.8) is 0 Å². The zero-order valence-corrected chi connectivity index (χ0v) is 13.8. The molecule has 0 atom stereocenters. The molecule has 0 aliphatic rings. The van der Waals surface area contributed by atoms with Gasteiger partial charge in [0, 0.05) is 24.2 Å². The molecule has 1 aromatic rings. The van der Waals surface area contributed by atoms with Gasteiger partial charge in [0.2, 0.25) is 0 Å². The highest BCUT2D eigenvalue weighted by Gasteiger charge is 2.26. The van der Waals surface area contributed by atoms with E-state index in [9.17, 15) is 18.4 Å². The Balaban J connectivity index is 2.84. The van der Waals surface area contributed by atoms with E-state index in [1.807, 2.05) is 0 Å². The highest BCUT2D eigenvalue weighted by Crippen LogP contribution is 2.16. The first-order valence-electron chi connectivity index (χ1n) is 7.39. The van der Waals surface area contributed by atoms with Gasteiger partial charge in [-0.3, -0.25) is 9.59 Å². The molecule has 0 heterocycles. The molecule has 0 fully saturated rings. The lowest BCUT2D eigenvalue weighted by Gasteiger charge is -2.30. The number of carbonyl (C=O) groups excluding carboxylic acids is 2. The fraction of sp³-hybridized carbons (Fsp3) is 0.412. The first kappa shape index (κ1) is 18.8. The van der Waals surface area contributed by atoms with Crippen LogP contribution in [0, 0.1) is 11.6 Å². The molecule has 0 saturated heterocycles. The molecule has 23 heavy (non-hydrogen) atoms. The van der Waals surface area contributed by atoms with Gasteiger partial charge in [0.25, 0.3) is 0 Å². The monoisotopic (exact) mass is 324 g/mol. The van der Waals surface area contributed by atoms with Gasteiger partial charge in [-0.05, 0) is 45.4 Å². The standard InChI is InChI=1S/C17H22F2N2O2/c1-6-12-7-14(18)13(15(19)8-12)9-20-16(22)17(23)21(10(2)3)11(4)5/h6-8,10-11H,1,9H2,2-5H3,(H,20,22). The van der Waals surface area contributed by atoms with Crippen molar-refractivity contribution >= 4 is 17.9 Å². The molecule has 1 aromatic carbocycles. The summed E-state index contributed by atoms with van der Waals surface area (Å²) < 4.78 is 27.7. The summed E-state index contributed by atoms with van der Waals surface area (Å²) in [6.07, 6.45) is 1.32. The second-order valence-electron chi connectivity index (χ2n) is 5.75. The molecule has 0 unspecified atom stereocenters. The number of carbonyl (C=O) groups is 2. The van der Waals surface area contributed by atoms with Crippen molar-refractivity contribution in [1.82, 2.24) is 10.2 Å². The lowest BCUT2D eigenvalue weighted by atomic mass is 10.1. The van der Waals surface area contributed by atoms with Crippen molar-refractivity contribution in [2.45, 2.75) is 46.3 Å². The number of nitrogens with zero attached hydrogens (tertiary/aromatic N) is 1. The molecule has 0 aromatic heterocycles. The van der Waals surface area contributed by atoms with Gasteiger partial charge in [0.15, 0.2) is 0 Å². The lowest BCUT2D eigenvalue weighted by molar-refractivity contribution is -0.148. The van der Waals surface area contributed by atoms with Crippen molar-refractivity contribution < 1.29 is 18.4 Å². The third kappa shape index (κ3) is 4.61. The molecule has 0 saturated carbocycles. The number of nitrogens with one attached hydrogen (secondary N) is 1. The van der Waals surface area contributed by atoms with E-state index < -0.39 is 30.0 Å². The Morgan fingerprint density at radius 3 is 2.04 bits per heavy atom. The minimum absolute atomic E-state index is 0.159. The van der Waals surface area contributed by atoms with Crippen LogP contribution in [-0.4, -0.2) is 28.8 Å². The molecule has 0 aliphatic carbocycles. The summed E-state index contributed by atoms with van der Waals surface area (Å²) in [5.41, 5.74) is 0.00865. The fourth-order valence-corrected chi connectivity index (χ4v) is 2.34. The third-order valence-corrected chi connectivity index (χ3v) is 3.37. The van der Waals surface area contributed by atoms with Crippen molar-refractivity contribution in [3.05, 3.63) is 41.5 Å². The summed E-state index contributed by atoms with van der Waals surface area (Å²) in [6.45, 7) is 10.2. The Labute approximate surface area is 135 Å². The van der Waals surface area contributed by atoms with E-state index >= 15 is 0 Å². The molecule has 126 valence electrons. The predicted octanol–water partition coefficient (Wildman–Crippen LogP) is 2.87. The van der Waals surface area contributed by atoms with Gasteiger partial charge < -0.3 is 10.2 Å². The van der Waals surface area contributed by atoms with Crippen molar-refractivity contribution in [3.8, 4) is 0 Å². The second kappa shape index (κ2) is 7.85. The van der Waals surface area contributed by atoms with Gasteiger partial charge in [-0.2, -0.15) is 0 Å². The van der Waals surface area contributed by atoms with Gasteiger partial charge in [0.1, 0.15) is 11.6 Å². The van der Waals surface area contributed by atoms with Crippen LogP contribution in [0.2, 0.25) is 0 Å². The summed E-state index contributed by atoms with van der Waals surface area (Å²) in [4.78, 5) is 25.5. The number of hydrogen-bond donors (Lipinski definition) is 1. The van der Waals surface area contributed by atoms with Crippen LogP contribution in [-0.2, 0) is 16.1 Å². The van der Waals surface area contributed by atoms with E-state index in [0.29, 0.717) is 5.56 Å². The van der Waals surface area contributed by atoms with E-state index in [1.165, 1.54) is 11.0 Å². The van der Waals surface area contributed by atoms with Crippen molar-refractivity contribution in [2.75, 3.05) is 0 Å². The van der Waals surface area contributed by atoms with E-state index in [1.54, 1.807) is 27.7 Å². The van der Waals surface area contributed by atoms with Crippen LogP contribution in [0.25, 0.3) is 6.08 Å². The summed E-state index contributed by atoms with van der Waals surface area (Å²) >= 11 is 0. The van der Waals surface area contributed by atoms with E-state index in [-0.39, 0.29) is 17.6 Å². The Bertz CT molecular complexity index is 582. The van der Waals surface area contributed by atoms with Crippen LogP contribution in [0.1, 0.15) is 38.8 Å². The first-order valence-corrected chi connectivity index (χ1v) is 7.39. The topological polar surface area (TPSA) is 49.4 Å². The molecule has 0 bridgehead atoms. The SMILES string of the molecule is C=Cc1cc(F)c(CNC(=O)C(=O)N(C(C)C)C(C)C)c(F)c1. The minimum atomic E-state index is -0.890. The molecular weight excluding hydrogens is 302 g/mol. The molecule has 6 heteroatoms. The average molecular weight is 324 g/mol. The number of amides is 2. The highest BCUT2D eigenvalue weighted by atomic mass is 19.1. The quantitative estimate of drug-likeness (QED) is 0.847. The van der Waals surface area contributed by atoms with Crippen LogP contribution in [0.3, 0.4) is 0 Å². The predicted molar refractivity (Wildman–Crippen MR) is 85.4 cm³/mol. The molecule has 1 rings (SSSR count). The molecule has 2 amide bonds. The van der Waals surface area contributed by atoms with Crippen LogP contribution in [0.5, 0.6) is 0 Å². The zero-order valence-electron chi connectivity index (χ0n) is 13.8. The smallest absolute Gasteiger partial charge is 0.312 e. The van der Waals surface area contributed by atoms with E-state index in [4.69, 9.17) is 0 Å². The van der Waals surface area contributed by atoms with Crippen molar-refractivity contribution in [1.29, 1.82) is 0 Å². The number of benzene rings is 1. The van der Waals surface area contributed by atoms with Crippen LogP contribution < -0.4 is 5.32 Å². The molecular formula is C17H22F2N2O2. The Hall–Kier alpha value is -2.24. The highest BCUT2D eigenvalue weighted by molar-refractivity contribution is 6.35. The maximum atomic E-state index is 13.8. The maximum absolute atomic E-state index is 13.8. The van der Waals surface area contributed by atoms with Gasteiger partial charge in [0.05, 0.1) is 0 Å². The number of rotatable bonds is 5. The summed E-state index contributed by atoms with van der Waals surface area (Å²) in [5.74, 6) is -3.20. The lowest BCUT2D eigenvalue weighted by Crippen LogP contribution is -2.49. The molecule has 4 nitrogen and oxygen atoms in total. The van der Waals surface area contributed by atoms with E-state index in [2.05, 4.69) is 11.9 Å². The van der Waals surface area contributed by atoms with Crippen LogP contribution >= 0.6 is 0 Å². The largest absolute Gasteiger partial charge is 0.344 e. The van der Waals surface area contributed by atoms with Gasteiger partial charge in [-0.1, -0.05) is 12.7 Å². The molecule has 1 N–H and O–H groups in total. The zero-order chi connectivity index (χ0) is 17.7. The van der Waals surface area contributed by atoms with Gasteiger partial charge >= 0.3 is 11.8 Å². The van der Waals surface area contributed by atoms with Gasteiger partial charge in [-0.15, -0.1) is 0 Å². The number of hydrogen-bond acceptors (Lipinski definition) is 2. The fourth-order valence-electron chi connectivity index (χ4n) is 2.34. The van der Waals surface area contributed by atoms with Crippen molar-refractivity contribution in [2.24, 2.45) is 0 Å². The Morgan fingerprint density at radius 2 is 1.65 bits per heavy atom. The normalized spacial score (nSPS) is 10.8. The summed E-state index contributed by atoms with van der Waals surface area (Å²) in [6, 6.07) is 1.92. The maximum Gasteiger partial charge on any atom is 0.312 e. The molecule has 0 aliphatic heterocycles. The third-order valence-electron chi connectivity index (χ3n) is 3.37. The first-order chi connectivity index (χ1) is 10.7. The molecule has 0 spiro atoms. The van der Waals surface area contributed by atoms with Crippen LogP contribution in [0.15, 0.2) is 18.7 Å². The van der Waals surface area contributed by atoms with Crippen LogP contribution in [0.4, 0.5) is 8.78 Å². The summed E-state index contributed by atoms with van der Waals surface area (Å²) in [7, 11) is 0. The summed E-state index contributed by atoms with van der Waals surface area (Å²) in [5, 5.41) is 2.27.